The molecule has 0 radical (unpaired) electrons. The number of anilines is 2. The van der Waals surface area contributed by atoms with Gasteiger partial charge in [-0.15, -0.1) is 21.5 Å². The fourth-order valence-electron chi connectivity index (χ4n) is 3.21. The largest absolute Gasteiger partial charge is 0.377 e. The molecule has 31 heavy (non-hydrogen) atoms. The van der Waals surface area contributed by atoms with Crippen LogP contribution in [0.3, 0.4) is 0 Å². The van der Waals surface area contributed by atoms with Gasteiger partial charge in [-0.25, -0.2) is 9.97 Å². The highest BCUT2D eigenvalue weighted by Gasteiger charge is 2.17. The van der Waals surface area contributed by atoms with Gasteiger partial charge in [0, 0.05) is 30.5 Å². The Hall–Kier alpha value is -2.95. The van der Waals surface area contributed by atoms with Crippen molar-refractivity contribution in [2.75, 3.05) is 24.3 Å². The van der Waals surface area contributed by atoms with E-state index in [0.717, 1.165) is 32.2 Å². The van der Waals surface area contributed by atoms with Gasteiger partial charge >= 0.3 is 0 Å². The average Bonchev–Trinajstić information content (AvgIpc) is 3.32. The molecule has 4 aromatic rings. The molecule has 2 N–H and O–H groups in total. The molecule has 3 aromatic heterocycles. The second-order valence-corrected chi connectivity index (χ2v) is 9.23. The Morgan fingerprint density at radius 3 is 2.68 bits per heavy atom. The summed E-state index contributed by atoms with van der Waals surface area (Å²) in [5.74, 6) is 0.592. The highest BCUT2D eigenvalue weighted by atomic mass is 32.1. The van der Waals surface area contributed by atoms with Crippen molar-refractivity contribution in [2.45, 2.75) is 26.9 Å². The number of aryl methyl sites for hydroxylation is 2. The Bertz CT molecular complexity index is 1200. The number of hydrogen-bond donors (Lipinski definition) is 2. The zero-order chi connectivity index (χ0) is 21.8. The molecule has 0 atom stereocenters. The standard InChI is InChI=1S/C21H22N6O2S2/c1-12-4-6-14(7-5-12)17-13(2)30-20-18(17)19(23-11-24-20)22-9-8-15(28)25-21-27-26-16(31-21)10-29-3/h4-7,11H,8-10H2,1-3H3,(H,22,23,24)(H,25,27,28). The van der Waals surface area contributed by atoms with Crippen molar-refractivity contribution in [1.29, 1.82) is 0 Å². The number of carbonyl (C=O) groups is 1. The summed E-state index contributed by atoms with van der Waals surface area (Å²) < 4.78 is 5.02. The molecule has 1 amide bonds. The maximum Gasteiger partial charge on any atom is 0.227 e. The first-order chi connectivity index (χ1) is 15.0. The lowest BCUT2D eigenvalue weighted by molar-refractivity contribution is -0.115. The molecule has 0 aliphatic carbocycles. The molecule has 10 heteroatoms. The normalized spacial score (nSPS) is 11.1. The minimum atomic E-state index is -0.141. The molecule has 160 valence electrons. The minimum absolute atomic E-state index is 0.141. The van der Waals surface area contributed by atoms with Crippen molar-refractivity contribution in [1.82, 2.24) is 20.2 Å². The lowest BCUT2D eigenvalue weighted by Crippen LogP contribution is -2.16. The van der Waals surface area contributed by atoms with Gasteiger partial charge in [0.2, 0.25) is 11.0 Å². The van der Waals surface area contributed by atoms with E-state index in [9.17, 15) is 4.79 Å². The van der Waals surface area contributed by atoms with Crippen LogP contribution in [0.4, 0.5) is 10.9 Å². The summed E-state index contributed by atoms with van der Waals surface area (Å²) in [6, 6.07) is 8.44. The smallest absolute Gasteiger partial charge is 0.227 e. The van der Waals surface area contributed by atoms with Crippen LogP contribution < -0.4 is 10.6 Å². The molecule has 0 spiro atoms. The maximum absolute atomic E-state index is 12.3. The third-order valence-electron chi connectivity index (χ3n) is 4.63. The van der Waals surface area contributed by atoms with E-state index in [1.807, 2.05) is 0 Å². The first-order valence-electron chi connectivity index (χ1n) is 9.71. The van der Waals surface area contributed by atoms with Gasteiger partial charge in [-0.3, -0.25) is 4.79 Å². The van der Waals surface area contributed by atoms with Gasteiger partial charge in [-0.2, -0.15) is 0 Å². The van der Waals surface area contributed by atoms with Crippen molar-refractivity contribution < 1.29 is 9.53 Å². The average molecular weight is 455 g/mol. The van der Waals surface area contributed by atoms with Crippen LogP contribution in [0.15, 0.2) is 30.6 Å². The Morgan fingerprint density at radius 2 is 1.90 bits per heavy atom. The van der Waals surface area contributed by atoms with E-state index in [1.54, 1.807) is 24.8 Å². The summed E-state index contributed by atoms with van der Waals surface area (Å²) in [4.78, 5) is 23.3. The molecule has 8 nitrogen and oxygen atoms in total. The van der Waals surface area contributed by atoms with Crippen LogP contribution in [0, 0.1) is 13.8 Å². The fourth-order valence-corrected chi connectivity index (χ4v) is 4.95. The molecule has 0 bridgehead atoms. The number of nitrogens with one attached hydrogen (secondary N) is 2. The van der Waals surface area contributed by atoms with Crippen LogP contribution in [-0.4, -0.2) is 39.7 Å². The van der Waals surface area contributed by atoms with Crippen molar-refractivity contribution in [2.24, 2.45) is 0 Å². The summed E-state index contributed by atoms with van der Waals surface area (Å²) in [6.07, 6.45) is 1.83. The summed E-state index contributed by atoms with van der Waals surface area (Å²) in [5, 5.41) is 16.2. The molecule has 0 unspecified atom stereocenters. The molecule has 0 fully saturated rings. The second-order valence-electron chi connectivity index (χ2n) is 6.96. The zero-order valence-corrected chi connectivity index (χ0v) is 19.1. The predicted molar refractivity (Wildman–Crippen MR) is 125 cm³/mol. The third-order valence-corrected chi connectivity index (χ3v) is 6.46. The lowest BCUT2D eigenvalue weighted by Gasteiger charge is -2.09. The number of carbonyl (C=O) groups excluding carboxylic acids is 1. The van der Waals surface area contributed by atoms with Gasteiger partial charge < -0.3 is 15.4 Å². The highest BCUT2D eigenvalue weighted by Crippen LogP contribution is 2.40. The quantitative estimate of drug-likeness (QED) is 0.406. The third kappa shape index (κ3) is 4.87. The number of hydrogen-bond acceptors (Lipinski definition) is 9. The van der Waals surface area contributed by atoms with E-state index >= 15 is 0 Å². The van der Waals surface area contributed by atoms with Crippen LogP contribution >= 0.6 is 22.7 Å². The lowest BCUT2D eigenvalue weighted by atomic mass is 10.0. The molecule has 4 rings (SSSR count). The maximum atomic E-state index is 12.3. The molecule has 1 aromatic carbocycles. The Balaban J connectivity index is 1.47. The fraction of sp³-hybridized carbons (Fsp3) is 0.286. The number of aromatic nitrogens is 4. The van der Waals surface area contributed by atoms with Gasteiger partial charge in [-0.05, 0) is 19.4 Å². The van der Waals surface area contributed by atoms with Crippen LogP contribution in [0.2, 0.25) is 0 Å². The van der Waals surface area contributed by atoms with Gasteiger partial charge in [0.1, 0.15) is 28.6 Å². The van der Waals surface area contributed by atoms with E-state index < -0.39 is 0 Å². The number of ether oxygens (including phenoxy) is 1. The van der Waals surface area contributed by atoms with Gasteiger partial charge in [0.05, 0.1) is 5.39 Å². The number of amides is 1. The van der Waals surface area contributed by atoms with Crippen molar-refractivity contribution >= 4 is 49.7 Å². The van der Waals surface area contributed by atoms with Crippen molar-refractivity contribution in [3.63, 3.8) is 0 Å². The highest BCUT2D eigenvalue weighted by molar-refractivity contribution is 7.19. The minimum Gasteiger partial charge on any atom is -0.377 e. The van der Waals surface area contributed by atoms with Crippen LogP contribution in [0.25, 0.3) is 21.3 Å². The van der Waals surface area contributed by atoms with E-state index in [2.05, 4.69) is 68.9 Å². The Labute approximate surface area is 187 Å². The molecule has 3 heterocycles. The summed E-state index contributed by atoms with van der Waals surface area (Å²) in [5.41, 5.74) is 3.48. The molecular formula is C21H22N6O2S2. The zero-order valence-electron chi connectivity index (χ0n) is 17.4. The SMILES string of the molecule is COCc1nnc(NC(=O)CCNc2ncnc3sc(C)c(-c4ccc(C)cc4)c23)s1. The van der Waals surface area contributed by atoms with Crippen LogP contribution in [-0.2, 0) is 16.1 Å². The number of thiophene rings is 1. The molecule has 0 saturated carbocycles. The number of fused-ring (bicyclic) bond motifs is 1. The van der Waals surface area contributed by atoms with E-state index in [1.165, 1.54) is 21.8 Å². The number of rotatable bonds is 8. The predicted octanol–water partition coefficient (Wildman–Crippen LogP) is 4.41. The van der Waals surface area contributed by atoms with E-state index in [0.29, 0.717) is 18.3 Å². The number of benzene rings is 1. The summed E-state index contributed by atoms with van der Waals surface area (Å²) in [6.45, 7) is 4.98. The van der Waals surface area contributed by atoms with Crippen LogP contribution in [0.1, 0.15) is 21.9 Å². The first-order valence-corrected chi connectivity index (χ1v) is 11.3. The monoisotopic (exact) mass is 454 g/mol. The molecule has 0 saturated heterocycles. The molecule has 0 aliphatic heterocycles. The van der Waals surface area contributed by atoms with Crippen LogP contribution in [0.5, 0.6) is 0 Å². The summed E-state index contributed by atoms with van der Waals surface area (Å²) in [7, 11) is 1.59. The van der Waals surface area contributed by atoms with E-state index in [-0.39, 0.29) is 12.3 Å². The van der Waals surface area contributed by atoms with Gasteiger partial charge in [0.15, 0.2) is 0 Å². The molecular weight excluding hydrogens is 432 g/mol. The Kier molecular flexibility index (Phi) is 6.50. The topological polar surface area (TPSA) is 102 Å². The van der Waals surface area contributed by atoms with Gasteiger partial charge in [-0.1, -0.05) is 41.2 Å². The second kappa shape index (κ2) is 9.46. The first kappa shape index (κ1) is 21.3. The Morgan fingerprint density at radius 1 is 1.10 bits per heavy atom. The summed E-state index contributed by atoms with van der Waals surface area (Å²) >= 11 is 2.95. The van der Waals surface area contributed by atoms with Gasteiger partial charge in [0.25, 0.3) is 0 Å². The van der Waals surface area contributed by atoms with Crippen molar-refractivity contribution in [3.8, 4) is 11.1 Å². The number of nitrogens with zero attached hydrogens (tertiary/aromatic N) is 4. The molecule has 0 aliphatic rings. The number of methoxy groups -OCH3 is 1. The van der Waals surface area contributed by atoms with Crippen molar-refractivity contribution in [3.05, 3.63) is 46.0 Å². The van der Waals surface area contributed by atoms with E-state index in [4.69, 9.17) is 4.74 Å².